The molecule has 1 atom stereocenters. The second-order valence-corrected chi connectivity index (χ2v) is 6.49. The SMILES string of the molecule is Cc1cccc(C(=O)N2CCCN(C(=O)C3CCCN3)CC2)c1.Cl. The van der Waals surface area contributed by atoms with Crippen molar-refractivity contribution in [1.82, 2.24) is 15.1 Å². The van der Waals surface area contributed by atoms with Gasteiger partial charge >= 0.3 is 0 Å². The van der Waals surface area contributed by atoms with Crippen LogP contribution in [0.5, 0.6) is 0 Å². The summed E-state index contributed by atoms with van der Waals surface area (Å²) >= 11 is 0. The van der Waals surface area contributed by atoms with E-state index < -0.39 is 0 Å². The molecule has 2 saturated heterocycles. The maximum absolute atomic E-state index is 12.6. The Morgan fingerprint density at radius 2 is 1.83 bits per heavy atom. The van der Waals surface area contributed by atoms with Gasteiger partial charge in [-0.15, -0.1) is 12.4 Å². The van der Waals surface area contributed by atoms with Crippen molar-refractivity contribution < 1.29 is 9.59 Å². The molecule has 0 spiro atoms. The number of halogens is 1. The highest BCUT2D eigenvalue weighted by molar-refractivity contribution is 5.94. The molecular formula is C18H26ClN3O2. The van der Waals surface area contributed by atoms with E-state index in [0.717, 1.165) is 43.5 Å². The lowest BCUT2D eigenvalue weighted by Crippen LogP contribution is -2.45. The zero-order chi connectivity index (χ0) is 16.2. The summed E-state index contributed by atoms with van der Waals surface area (Å²) in [5, 5.41) is 3.27. The molecule has 2 amide bonds. The highest BCUT2D eigenvalue weighted by atomic mass is 35.5. The van der Waals surface area contributed by atoms with Crippen LogP contribution in [0.25, 0.3) is 0 Å². The van der Waals surface area contributed by atoms with Crippen LogP contribution in [-0.2, 0) is 4.79 Å². The topological polar surface area (TPSA) is 52.7 Å². The van der Waals surface area contributed by atoms with Gasteiger partial charge in [-0.25, -0.2) is 0 Å². The van der Waals surface area contributed by atoms with E-state index in [4.69, 9.17) is 0 Å². The van der Waals surface area contributed by atoms with Gasteiger partial charge in [-0.05, 0) is 44.9 Å². The summed E-state index contributed by atoms with van der Waals surface area (Å²) < 4.78 is 0. The van der Waals surface area contributed by atoms with E-state index in [1.54, 1.807) is 0 Å². The molecule has 1 aromatic carbocycles. The molecule has 0 saturated carbocycles. The second-order valence-electron chi connectivity index (χ2n) is 6.49. The van der Waals surface area contributed by atoms with Crippen molar-refractivity contribution in [3.8, 4) is 0 Å². The van der Waals surface area contributed by atoms with Gasteiger partial charge in [0.05, 0.1) is 6.04 Å². The van der Waals surface area contributed by atoms with E-state index in [1.807, 2.05) is 41.0 Å². The van der Waals surface area contributed by atoms with E-state index in [1.165, 1.54) is 0 Å². The number of rotatable bonds is 2. The van der Waals surface area contributed by atoms with Gasteiger partial charge in [0.25, 0.3) is 5.91 Å². The molecule has 6 heteroatoms. The third kappa shape index (κ3) is 4.28. The maximum atomic E-state index is 12.6. The first-order chi connectivity index (χ1) is 11.1. The predicted molar refractivity (Wildman–Crippen MR) is 96.6 cm³/mol. The summed E-state index contributed by atoms with van der Waals surface area (Å²) in [6, 6.07) is 7.69. The average Bonchev–Trinajstić information content (AvgIpc) is 2.98. The van der Waals surface area contributed by atoms with Crippen molar-refractivity contribution in [2.75, 3.05) is 32.7 Å². The van der Waals surface area contributed by atoms with E-state index in [9.17, 15) is 9.59 Å². The third-order valence-electron chi connectivity index (χ3n) is 4.72. The number of aryl methyl sites for hydroxylation is 1. The third-order valence-corrected chi connectivity index (χ3v) is 4.72. The Morgan fingerprint density at radius 1 is 1.08 bits per heavy atom. The van der Waals surface area contributed by atoms with Gasteiger partial charge in [0, 0.05) is 31.7 Å². The number of nitrogens with one attached hydrogen (secondary N) is 1. The predicted octanol–water partition coefficient (Wildman–Crippen LogP) is 1.84. The van der Waals surface area contributed by atoms with Gasteiger partial charge in [-0.3, -0.25) is 9.59 Å². The highest BCUT2D eigenvalue weighted by Gasteiger charge is 2.29. The van der Waals surface area contributed by atoms with Crippen LogP contribution in [0, 0.1) is 6.92 Å². The van der Waals surface area contributed by atoms with Crippen molar-refractivity contribution in [2.45, 2.75) is 32.2 Å². The summed E-state index contributed by atoms with van der Waals surface area (Å²) in [4.78, 5) is 29.0. The monoisotopic (exact) mass is 351 g/mol. The molecule has 132 valence electrons. The van der Waals surface area contributed by atoms with Crippen LogP contribution in [0.4, 0.5) is 0 Å². The lowest BCUT2D eigenvalue weighted by molar-refractivity contribution is -0.132. The molecule has 1 N–H and O–H groups in total. The zero-order valence-corrected chi connectivity index (χ0v) is 15.0. The number of nitrogens with zero attached hydrogens (tertiary/aromatic N) is 2. The summed E-state index contributed by atoms with van der Waals surface area (Å²) in [6.07, 6.45) is 2.85. The Bertz CT molecular complexity index is 587. The van der Waals surface area contributed by atoms with Gasteiger partial charge in [0.2, 0.25) is 5.91 Å². The zero-order valence-electron chi connectivity index (χ0n) is 14.2. The average molecular weight is 352 g/mol. The van der Waals surface area contributed by atoms with Crippen LogP contribution in [-0.4, -0.2) is 60.4 Å². The number of amides is 2. The van der Waals surface area contributed by atoms with Crippen molar-refractivity contribution in [3.63, 3.8) is 0 Å². The van der Waals surface area contributed by atoms with E-state index in [-0.39, 0.29) is 30.3 Å². The first kappa shape index (κ1) is 18.7. The minimum atomic E-state index is -0.0194. The summed E-state index contributed by atoms with van der Waals surface area (Å²) in [6.45, 7) is 5.64. The molecule has 0 bridgehead atoms. The Balaban J connectivity index is 0.00000208. The van der Waals surface area contributed by atoms with E-state index in [0.29, 0.717) is 19.6 Å². The first-order valence-corrected chi connectivity index (χ1v) is 8.53. The normalized spacial score (nSPS) is 21.1. The summed E-state index contributed by atoms with van der Waals surface area (Å²) in [7, 11) is 0. The molecule has 0 aromatic heterocycles. The van der Waals surface area contributed by atoms with Crippen LogP contribution in [0.2, 0.25) is 0 Å². The summed E-state index contributed by atoms with van der Waals surface area (Å²) in [5.74, 6) is 0.273. The Labute approximate surface area is 149 Å². The molecule has 24 heavy (non-hydrogen) atoms. The summed E-state index contributed by atoms with van der Waals surface area (Å²) in [5.41, 5.74) is 1.83. The van der Waals surface area contributed by atoms with Crippen molar-refractivity contribution in [2.24, 2.45) is 0 Å². The standard InChI is InChI=1S/C18H25N3O2.ClH/c1-14-5-2-6-15(13-14)17(22)20-9-4-10-21(12-11-20)18(23)16-7-3-8-19-16;/h2,5-6,13,16,19H,3-4,7-12H2,1H3;1H. The molecule has 0 aliphatic carbocycles. The smallest absolute Gasteiger partial charge is 0.253 e. The number of carbonyl (C=O) groups excluding carboxylic acids is 2. The molecule has 1 aromatic rings. The highest BCUT2D eigenvalue weighted by Crippen LogP contribution is 2.14. The number of hydrogen-bond acceptors (Lipinski definition) is 3. The van der Waals surface area contributed by atoms with Crippen molar-refractivity contribution in [3.05, 3.63) is 35.4 Å². The molecule has 5 nitrogen and oxygen atoms in total. The quantitative estimate of drug-likeness (QED) is 0.884. The second kappa shape index (κ2) is 8.49. The Hall–Kier alpha value is -1.59. The minimum absolute atomic E-state index is 0. The largest absolute Gasteiger partial charge is 0.340 e. The number of carbonyl (C=O) groups is 2. The Morgan fingerprint density at radius 3 is 2.54 bits per heavy atom. The van der Waals surface area contributed by atoms with Crippen molar-refractivity contribution >= 4 is 24.2 Å². The fourth-order valence-corrected chi connectivity index (χ4v) is 3.42. The van der Waals surface area contributed by atoms with Gasteiger partial charge in [-0.1, -0.05) is 17.7 Å². The Kier molecular flexibility index (Phi) is 6.63. The van der Waals surface area contributed by atoms with Crippen molar-refractivity contribution in [1.29, 1.82) is 0 Å². The van der Waals surface area contributed by atoms with Gasteiger partial charge in [-0.2, -0.15) is 0 Å². The molecule has 1 unspecified atom stereocenters. The van der Waals surface area contributed by atoms with Gasteiger partial charge in [0.1, 0.15) is 0 Å². The van der Waals surface area contributed by atoms with E-state index >= 15 is 0 Å². The molecule has 0 radical (unpaired) electrons. The molecule has 2 fully saturated rings. The first-order valence-electron chi connectivity index (χ1n) is 8.53. The van der Waals surface area contributed by atoms with Gasteiger partial charge < -0.3 is 15.1 Å². The molecule has 2 aliphatic heterocycles. The number of hydrogen-bond donors (Lipinski definition) is 1. The molecule has 2 heterocycles. The van der Waals surface area contributed by atoms with Gasteiger partial charge in [0.15, 0.2) is 0 Å². The molecular weight excluding hydrogens is 326 g/mol. The molecule has 2 aliphatic rings. The fourth-order valence-electron chi connectivity index (χ4n) is 3.42. The van der Waals surface area contributed by atoms with Crippen LogP contribution in [0.1, 0.15) is 35.2 Å². The van der Waals surface area contributed by atoms with Crippen LogP contribution >= 0.6 is 12.4 Å². The minimum Gasteiger partial charge on any atom is -0.340 e. The molecule has 3 rings (SSSR count). The lowest BCUT2D eigenvalue weighted by Gasteiger charge is -2.24. The van der Waals surface area contributed by atoms with Crippen LogP contribution in [0.15, 0.2) is 24.3 Å². The number of benzene rings is 1. The van der Waals surface area contributed by atoms with Crippen LogP contribution < -0.4 is 5.32 Å². The maximum Gasteiger partial charge on any atom is 0.253 e. The lowest BCUT2D eigenvalue weighted by atomic mass is 10.1. The van der Waals surface area contributed by atoms with Crippen LogP contribution in [0.3, 0.4) is 0 Å². The fraction of sp³-hybridized carbons (Fsp3) is 0.556. The van der Waals surface area contributed by atoms with E-state index in [2.05, 4.69) is 5.32 Å².